The first-order valence-electron chi connectivity index (χ1n) is 6.32. The molecule has 1 aliphatic heterocycles. The molecule has 1 aliphatic rings. The highest BCUT2D eigenvalue weighted by Crippen LogP contribution is 2.19. The van der Waals surface area contributed by atoms with Crippen LogP contribution in [0.5, 0.6) is 0 Å². The van der Waals surface area contributed by atoms with Crippen molar-refractivity contribution >= 4 is 33.6 Å². The van der Waals surface area contributed by atoms with Gasteiger partial charge in [0.05, 0.1) is 5.69 Å². The number of carbonyl (C=O) groups is 1. The van der Waals surface area contributed by atoms with Crippen LogP contribution in [0.25, 0.3) is 0 Å². The van der Waals surface area contributed by atoms with Gasteiger partial charge in [0, 0.05) is 30.7 Å². The third-order valence-corrected chi connectivity index (χ3v) is 4.99. The van der Waals surface area contributed by atoms with Gasteiger partial charge >= 0.3 is 16.3 Å². The SMILES string of the molecule is CC1CN(S(=O)(=O)Nc2cccc(Cl)c2)CCN1C(=O)O. The molecule has 0 spiro atoms. The van der Waals surface area contributed by atoms with E-state index in [-0.39, 0.29) is 19.6 Å². The molecule has 0 radical (unpaired) electrons. The largest absolute Gasteiger partial charge is 0.465 e. The van der Waals surface area contributed by atoms with Crippen molar-refractivity contribution in [3.8, 4) is 0 Å². The van der Waals surface area contributed by atoms with Gasteiger partial charge in [0.15, 0.2) is 0 Å². The Morgan fingerprint density at radius 2 is 2.14 bits per heavy atom. The first-order valence-corrected chi connectivity index (χ1v) is 8.14. The lowest BCUT2D eigenvalue weighted by Gasteiger charge is -2.37. The lowest BCUT2D eigenvalue weighted by atomic mass is 10.2. The maximum Gasteiger partial charge on any atom is 0.407 e. The van der Waals surface area contributed by atoms with Gasteiger partial charge in [-0.1, -0.05) is 17.7 Å². The van der Waals surface area contributed by atoms with E-state index in [1.165, 1.54) is 15.3 Å². The number of halogens is 1. The molecule has 0 bridgehead atoms. The van der Waals surface area contributed by atoms with Crippen LogP contribution in [-0.2, 0) is 10.2 Å². The smallest absolute Gasteiger partial charge is 0.407 e. The molecular formula is C12H16ClN3O4S. The predicted molar refractivity (Wildman–Crippen MR) is 79.8 cm³/mol. The number of carboxylic acid groups (broad SMARTS) is 1. The van der Waals surface area contributed by atoms with Crippen molar-refractivity contribution in [1.29, 1.82) is 0 Å². The number of anilines is 1. The van der Waals surface area contributed by atoms with E-state index in [1.807, 2.05) is 0 Å². The zero-order valence-electron chi connectivity index (χ0n) is 11.4. The Morgan fingerprint density at radius 3 is 2.71 bits per heavy atom. The fourth-order valence-corrected chi connectivity index (χ4v) is 3.67. The van der Waals surface area contributed by atoms with Crippen molar-refractivity contribution in [2.45, 2.75) is 13.0 Å². The standard InChI is InChI=1S/C12H16ClN3O4S/c1-9-8-15(5-6-16(9)12(17)18)21(19,20)14-11-4-2-3-10(13)7-11/h2-4,7,9,14H,5-6,8H2,1H3,(H,17,18). The molecule has 1 atom stereocenters. The maximum absolute atomic E-state index is 12.3. The Bertz CT molecular complexity index is 637. The Morgan fingerprint density at radius 1 is 1.43 bits per heavy atom. The molecule has 0 aliphatic carbocycles. The van der Waals surface area contributed by atoms with Crippen molar-refractivity contribution in [1.82, 2.24) is 9.21 Å². The number of hydrogen-bond acceptors (Lipinski definition) is 3. The normalized spacial score (nSPS) is 20.3. The summed E-state index contributed by atoms with van der Waals surface area (Å²) >= 11 is 5.82. The minimum Gasteiger partial charge on any atom is -0.465 e. The molecule has 1 heterocycles. The first-order chi connectivity index (χ1) is 9.79. The van der Waals surface area contributed by atoms with Crippen LogP contribution >= 0.6 is 11.6 Å². The molecule has 116 valence electrons. The third-order valence-electron chi connectivity index (χ3n) is 3.25. The number of nitrogens with one attached hydrogen (secondary N) is 1. The van der Waals surface area contributed by atoms with Crippen LogP contribution in [-0.4, -0.2) is 54.5 Å². The minimum atomic E-state index is -3.73. The van der Waals surface area contributed by atoms with Crippen LogP contribution in [0.15, 0.2) is 24.3 Å². The second-order valence-corrected chi connectivity index (χ2v) is 6.91. The molecule has 9 heteroatoms. The van der Waals surface area contributed by atoms with Crippen LogP contribution in [0.1, 0.15) is 6.92 Å². The highest BCUT2D eigenvalue weighted by molar-refractivity contribution is 7.90. The molecule has 0 aromatic heterocycles. The predicted octanol–water partition coefficient (Wildman–Crippen LogP) is 1.68. The number of piperazine rings is 1. The van der Waals surface area contributed by atoms with E-state index in [0.29, 0.717) is 10.7 Å². The van der Waals surface area contributed by atoms with Gasteiger partial charge in [0.1, 0.15) is 0 Å². The fourth-order valence-electron chi connectivity index (χ4n) is 2.19. The number of rotatable bonds is 3. The van der Waals surface area contributed by atoms with E-state index in [0.717, 1.165) is 0 Å². The molecule has 7 nitrogen and oxygen atoms in total. The molecule has 1 aromatic rings. The Balaban J connectivity index is 2.09. The summed E-state index contributed by atoms with van der Waals surface area (Å²) in [6, 6.07) is 6.00. The lowest BCUT2D eigenvalue weighted by molar-refractivity contribution is 0.0994. The molecule has 1 fully saturated rings. The van der Waals surface area contributed by atoms with Gasteiger partial charge in [-0.25, -0.2) is 4.79 Å². The van der Waals surface area contributed by atoms with Gasteiger partial charge in [-0.15, -0.1) is 0 Å². The average molecular weight is 334 g/mol. The summed E-state index contributed by atoms with van der Waals surface area (Å²) in [5.74, 6) is 0. The van der Waals surface area contributed by atoms with Crippen molar-refractivity contribution in [3.05, 3.63) is 29.3 Å². The average Bonchev–Trinajstić information content (AvgIpc) is 2.37. The third kappa shape index (κ3) is 3.78. The van der Waals surface area contributed by atoms with Gasteiger partial charge in [-0.2, -0.15) is 12.7 Å². The van der Waals surface area contributed by atoms with Gasteiger partial charge in [0.2, 0.25) is 0 Å². The van der Waals surface area contributed by atoms with Crippen molar-refractivity contribution in [2.75, 3.05) is 24.4 Å². The molecule has 0 saturated carbocycles. The molecule has 1 aromatic carbocycles. The summed E-state index contributed by atoms with van der Waals surface area (Å²) < 4.78 is 28.3. The number of hydrogen-bond donors (Lipinski definition) is 2. The summed E-state index contributed by atoms with van der Waals surface area (Å²) in [6.45, 7) is 2.05. The topological polar surface area (TPSA) is 90.0 Å². The van der Waals surface area contributed by atoms with E-state index < -0.39 is 22.3 Å². The van der Waals surface area contributed by atoms with Crippen molar-refractivity contribution in [2.24, 2.45) is 0 Å². The highest BCUT2D eigenvalue weighted by atomic mass is 35.5. The molecule has 1 unspecified atom stereocenters. The van der Waals surface area contributed by atoms with Crippen molar-refractivity contribution in [3.63, 3.8) is 0 Å². The molecular weight excluding hydrogens is 318 g/mol. The number of amides is 1. The maximum atomic E-state index is 12.3. The lowest BCUT2D eigenvalue weighted by Crippen LogP contribution is -2.56. The van der Waals surface area contributed by atoms with E-state index in [2.05, 4.69) is 4.72 Å². The summed E-state index contributed by atoms with van der Waals surface area (Å²) in [4.78, 5) is 12.2. The van der Waals surface area contributed by atoms with Crippen LogP contribution in [0, 0.1) is 0 Å². The monoisotopic (exact) mass is 333 g/mol. The van der Waals surface area contributed by atoms with Crippen molar-refractivity contribution < 1.29 is 18.3 Å². The second-order valence-electron chi connectivity index (χ2n) is 4.80. The van der Waals surface area contributed by atoms with Gasteiger partial charge in [0.25, 0.3) is 0 Å². The number of benzene rings is 1. The van der Waals surface area contributed by atoms with Gasteiger partial charge in [-0.3, -0.25) is 4.72 Å². The highest BCUT2D eigenvalue weighted by Gasteiger charge is 2.33. The second kappa shape index (κ2) is 6.08. The summed E-state index contributed by atoms with van der Waals surface area (Å²) in [5, 5.41) is 9.42. The first kappa shape index (κ1) is 15.9. The van der Waals surface area contributed by atoms with Crippen LogP contribution in [0.4, 0.5) is 10.5 Å². The van der Waals surface area contributed by atoms with E-state index in [4.69, 9.17) is 16.7 Å². The molecule has 2 rings (SSSR count). The van der Waals surface area contributed by atoms with Gasteiger partial charge < -0.3 is 10.0 Å². The quantitative estimate of drug-likeness (QED) is 0.880. The zero-order chi connectivity index (χ0) is 15.6. The number of nitrogens with zero attached hydrogens (tertiary/aromatic N) is 2. The van der Waals surface area contributed by atoms with E-state index in [1.54, 1.807) is 25.1 Å². The Kier molecular flexibility index (Phi) is 4.60. The van der Waals surface area contributed by atoms with E-state index in [9.17, 15) is 13.2 Å². The van der Waals surface area contributed by atoms with Crippen LogP contribution in [0.3, 0.4) is 0 Å². The molecule has 1 saturated heterocycles. The Labute approximate surface area is 128 Å². The summed E-state index contributed by atoms with van der Waals surface area (Å²) in [7, 11) is -3.73. The molecule has 1 amide bonds. The molecule has 21 heavy (non-hydrogen) atoms. The van der Waals surface area contributed by atoms with Crippen LogP contribution in [0.2, 0.25) is 5.02 Å². The van der Waals surface area contributed by atoms with E-state index >= 15 is 0 Å². The Hall–Kier alpha value is -1.51. The fraction of sp³-hybridized carbons (Fsp3) is 0.417. The summed E-state index contributed by atoms with van der Waals surface area (Å²) in [5.41, 5.74) is 0.371. The van der Waals surface area contributed by atoms with Gasteiger partial charge in [-0.05, 0) is 25.1 Å². The molecule has 2 N–H and O–H groups in total. The summed E-state index contributed by atoms with van der Waals surface area (Å²) in [6.07, 6.45) is -1.04. The zero-order valence-corrected chi connectivity index (χ0v) is 12.9. The minimum absolute atomic E-state index is 0.113. The van der Waals surface area contributed by atoms with Crippen LogP contribution < -0.4 is 4.72 Å².